The lowest BCUT2D eigenvalue weighted by atomic mass is 10.1. The van der Waals surface area contributed by atoms with Crippen molar-refractivity contribution < 1.29 is 43.9 Å². The standard InChI is InChI=1S/C4F10.H3N/c5-1(6,3(9,10)11)2(7,8)4(12,13)14;/h;1H3. The summed E-state index contributed by atoms with van der Waals surface area (Å²) in [5.74, 6) is -14.3. The van der Waals surface area contributed by atoms with E-state index in [1.807, 2.05) is 0 Å². The Bertz CT molecular complexity index is 186. The second-order valence-corrected chi connectivity index (χ2v) is 2.14. The van der Waals surface area contributed by atoms with E-state index in [0.717, 1.165) is 0 Å². The van der Waals surface area contributed by atoms with Gasteiger partial charge >= 0.3 is 24.2 Å². The number of hydrogen-bond acceptors (Lipinski definition) is 1. The molecule has 0 heterocycles. The van der Waals surface area contributed by atoms with Crippen LogP contribution in [-0.4, -0.2) is 24.2 Å². The second-order valence-electron chi connectivity index (χ2n) is 2.14. The summed E-state index contributed by atoms with van der Waals surface area (Å²) in [4.78, 5) is 0. The van der Waals surface area contributed by atoms with Gasteiger partial charge in [-0.25, -0.2) is 0 Å². The van der Waals surface area contributed by atoms with Crippen molar-refractivity contribution >= 4 is 0 Å². The molecular weight excluding hydrogens is 252 g/mol. The SMILES string of the molecule is FC(F)(F)C(F)(F)C(F)(F)C(F)(F)F.N. The molecule has 1 nitrogen and oxygen atoms in total. The van der Waals surface area contributed by atoms with E-state index >= 15 is 0 Å². The summed E-state index contributed by atoms with van der Waals surface area (Å²) in [5, 5.41) is 0. The molecule has 0 aliphatic rings. The zero-order valence-corrected chi connectivity index (χ0v) is 6.49. The van der Waals surface area contributed by atoms with Gasteiger partial charge in [0.2, 0.25) is 0 Å². The van der Waals surface area contributed by atoms with Gasteiger partial charge < -0.3 is 6.15 Å². The van der Waals surface area contributed by atoms with Crippen LogP contribution in [0.15, 0.2) is 0 Å². The van der Waals surface area contributed by atoms with Crippen LogP contribution in [0.3, 0.4) is 0 Å². The van der Waals surface area contributed by atoms with Crippen LogP contribution in [0.4, 0.5) is 43.9 Å². The Morgan fingerprint density at radius 2 is 0.533 bits per heavy atom. The molecule has 0 aromatic rings. The molecule has 0 atom stereocenters. The fourth-order valence-electron chi connectivity index (χ4n) is 0.356. The molecule has 11 heteroatoms. The van der Waals surface area contributed by atoms with Crippen LogP contribution < -0.4 is 6.15 Å². The molecule has 0 unspecified atom stereocenters. The number of halogens is 10. The van der Waals surface area contributed by atoms with E-state index in [1.54, 1.807) is 0 Å². The highest BCUT2D eigenvalue weighted by Gasteiger charge is 2.82. The molecule has 15 heavy (non-hydrogen) atoms. The van der Waals surface area contributed by atoms with Gasteiger partial charge in [0.25, 0.3) is 0 Å². The van der Waals surface area contributed by atoms with Gasteiger partial charge in [-0.3, -0.25) is 0 Å². The molecule has 0 aromatic carbocycles. The maximum atomic E-state index is 11.6. The third kappa shape index (κ3) is 2.44. The molecule has 0 bridgehead atoms. The zero-order valence-electron chi connectivity index (χ0n) is 6.49. The molecule has 0 aromatic heterocycles. The number of alkyl halides is 10. The molecule has 0 spiro atoms. The first-order valence-electron chi connectivity index (χ1n) is 2.64. The predicted molar refractivity (Wildman–Crippen MR) is 27.0 cm³/mol. The summed E-state index contributed by atoms with van der Waals surface area (Å²) >= 11 is 0. The highest BCUT2D eigenvalue weighted by Crippen LogP contribution is 2.53. The molecule has 0 amide bonds. The monoisotopic (exact) mass is 255 g/mol. The molecule has 0 fully saturated rings. The summed E-state index contributed by atoms with van der Waals surface area (Å²) in [6.45, 7) is 0. The third-order valence-electron chi connectivity index (χ3n) is 1.11. The predicted octanol–water partition coefficient (Wildman–Crippen LogP) is 3.54. The average molecular weight is 255 g/mol. The van der Waals surface area contributed by atoms with E-state index in [9.17, 15) is 43.9 Å². The van der Waals surface area contributed by atoms with Crippen LogP contribution in [0.1, 0.15) is 0 Å². The summed E-state index contributed by atoms with van der Waals surface area (Å²) in [7, 11) is 0. The fraction of sp³-hybridized carbons (Fsp3) is 1.00. The van der Waals surface area contributed by atoms with Crippen LogP contribution in [0.5, 0.6) is 0 Å². The molecule has 94 valence electrons. The Labute approximate surface area is 75.6 Å². The Morgan fingerprint density at radius 1 is 0.400 bits per heavy atom. The summed E-state index contributed by atoms with van der Waals surface area (Å²) in [6.07, 6.45) is -13.9. The van der Waals surface area contributed by atoms with Gasteiger partial charge in [-0.1, -0.05) is 0 Å². The van der Waals surface area contributed by atoms with Crippen LogP contribution >= 0.6 is 0 Å². The van der Waals surface area contributed by atoms with Gasteiger partial charge in [0.1, 0.15) is 0 Å². The summed E-state index contributed by atoms with van der Waals surface area (Å²) in [5.41, 5.74) is 0. The van der Waals surface area contributed by atoms with Gasteiger partial charge in [0, 0.05) is 0 Å². The van der Waals surface area contributed by atoms with E-state index < -0.39 is 24.2 Å². The molecule has 0 aliphatic heterocycles. The summed E-state index contributed by atoms with van der Waals surface area (Å²) in [6, 6.07) is 0. The van der Waals surface area contributed by atoms with E-state index in [-0.39, 0.29) is 6.15 Å². The van der Waals surface area contributed by atoms with Crippen LogP contribution in [0.2, 0.25) is 0 Å². The van der Waals surface area contributed by atoms with Gasteiger partial charge in [0.15, 0.2) is 0 Å². The van der Waals surface area contributed by atoms with Crippen molar-refractivity contribution in [3.8, 4) is 0 Å². The fourth-order valence-corrected chi connectivity index (χ4v) is 0.356. The molecule has 0 aliphatic carbocycles. The van der Waals surface area contributed by atoms with Gasteiger partial charge in [-0.15, -0.1) is 0 Å². The van der Waals surface area contributed by atoms with Crippen molar-refractivity contribution in [1.82, 2.24) is 6.15 Å². The first kappa shape index (κ1) is 16.7. The van der Waals surface area contributed by atoms with Crippen LogP contribution in [-0.2, 0) is 0 Å². The minimum absolute atomic E-state index is 0. The lowest BCUT2D eigenvalue weighted by molar-refractivity contribution is -0.419. The Kier molecular flexibility index (Phi) is 4.10. The van der Waals surface area contributed by atoms with Crippen molar-refractivity contribution in [2.75, 3.05) is 0 Å². The van der Waals surface area contributed by atoms with Gasteiger partial charge in [0.05, 0.1) is 0 Å². The van der Waals surface area contributed by atoms with Gasteiger partial charge in [-0.05, 0) is 0 Å². The second kappa shape index (κ2) is 3.68. The Balaban J connectivity index is 0. The van der Waals surface area contributed by atoms with Crippen molar-refractivity contribution in [2.45, 2.75) is 24.2 Å². The van der Waals surface area contributed by atoms with Crippen molar-refractivity contribution in [3.05, 3.63) is 0 Å². The van der Waals surface area contributed by atoms with Crippen molar-refractivity contribution in [2.24, 2.45) is 0 Å². The molecule has 3 N–H and O–H groups in total. The molecule has 0 saturated carbocycles. The first-order chi connectivity index (χ1) is 5.75. The first-order valence-corrected chi connectivity index (χ1v) is 2.64. The van der Waals surface area contributed by atoms with E-state index in [1.165, 1.54) is 0 Å². The Hall–Kier alpha value is -0.740. The van der Waals surface area contributed by atoms with E-state index in [0.29, 0.717) is 0 Å². The van der Waals surface area contributed by atoms with E-state index in [4.69, 9.17) is 0 Å². The van der Waals surface area contributed by atoms with E-state index in [2.05, 4.69) is 0 Å². The summed E-state index contributed by atoms with van der Waals surface area (Å²) < 4.78 is 113. The quantitative estimate of drug-likeness (QED) is 0.714. The van der Waals surface area contributed by atoms with Crippen LogP contribution in [0, 0.1) is 0 Å². The van der Waals surface area contributed by atoms with Crippen molar-refractivity contribution in [3.63, 3.8) is 0 Å². The molecule has 0 saturated heterocycles. The molecule has 0 radical (unpaired) electrons. The topological polar surface area (TPSA) is 35.0 Å². The van der Waals surface area contributed by atoms with Crippen molar-refractivity contribution in [1.29, 1.82) is 0 Å². The third-order valence-corrected chi connectivity index (χ3v) is 1.11. The zero-order chi connectivity index (χ0) is 12.0. The smallest absolute Gasteiger partial charge is 0.344 e. The lowest BCUT2D eigenvalue weighted by Gasteiger charge is -2.29. The average Bonchev–Trinajstić information content (AvgIpc) is 1.81. The van der Waals surface area contributed by atoms with Crippen LogP contribution in [0.25, 0.3) is 0 Å². The largest absolute Gasteiger partial charge is 0.460 e. The highest BCUT2D eigenvalue weighted by atomic mass is 19.4. The minimum atomic E-state index is -7.14. The lowest BCUT2D eigenvalue weighted by Crippen LogP contribution is -2.59. The molecule has 0 rings (SSSR count). The highest BCUT2D eigenvalue weighted by molar-refractivity contribution is 4.95. The maximum Gasteiger partial charge on any atom is 0.460 e. The normalized spacial score (nSPS) is 14.8. The maximum absolute atomic E-state index is 11.6. The number of rotatable bonds is 1. The number of hydrogen-bond donors (Lipinski definition) is 1. The minimum Gasteiger partial charge on any atom is -0.344 e. The Morgan fingerprint density at radius 3 is 0.600 bits per heavy atom. The molecular formula is C4H3F10N. The van der Waals surface area contributed by atoms with Gasteiger partial charge in [-0.2, -0.15) is 43.9 Å².